The van der Waals surface area contributed by atoms with Gasteiger partial charge in [-0.05, 0) is 89.9 Å². The Labute approximate surface area is 343 Å². The number of unbranched alkanes of at least 4 members (excludes halogenated alkanes) is 6. The number of aliphatic hydroxyl groups is 4. The lowest BCUT2D eigenvalue weighted by atomic mass is 9.99. The molecule has 0 saturated carbocycles. The van der Waals surface area contributed by atoms with E-state index in [2.05, 4.69) is 111 Å². The van der Waals surface area contributed by atoms with Crippen molar-refractivity contribution in [2.75, 3.05) is 19.8 Å². The maximum absolute atomic E-state index is 12.7. The van der Waals surface area contributed by atoms with E-state index in [1.165, 1.54) is 6.42 Å². The van der Waals surface area contributed by atoms with Crippen molar-refractivity contribution >= 4 is 11.9 Å². The maximum Gasteiger partial charge on any atom is 0.306 e. The third kappa shape index (κ3) is 28.6. The van der Waals surface area contributed by atoms with Crippen LogP contribution in [0.2, 0.25) is 0 Å². The van der Waals surface area contributed by atoms with E-state index >= 15 is 0 Å². The molecule has 0 spiro atoms. The number of ether oxygens (including phenoxy) is 4. The van der Waals surface area contributed by atoms with Gasteiger partial charge in [0, 0.05) is 12.8 Å². The Balaban J connectivity index is 2.43. The third-order valence-corrected chi connectivity index (χ3v) is 8.93. The van der Waals surface area contributed by atoms with Gasteiger partial charge >= 0.3 is 11.9 Å². The molecule has 0 aliphatic carbocycles. The highest BCUT2D eigenvalue weighted by Crippen LogP contribution is 2.22. The highest BCUT2D eigenvalue weighted by molar-refractivity contribution is 5.70. The molecular weight excluding hydrogens is 725 g/mol. The van der Waals surface area contributed by atoms with Gasteiger partial charge in [-0.3, -0.25) is 9.59 Å². The molecule has 10 nitrogen and oxygen atoms in total. The largest absolute Gasteiger partial charge is 0.462 e. The fourth-order valence-electron chi connectivity index (χ4n) is 5.58. The summed E-state index contributed by atoms with van der Waals surface area (Å²) >= 11 is 0. The summed E-state index contributed by atoms with van der Waals surface area (Å²) in [7, 11) is 0. The van der Waals surface area contributed by atoms with Crippen LogP contribution in [0.15, 0.2) is 97.2 Å². The van der Waals surface area contributed by atoms with Crippen LogP contribution in [0.25, 0.3) is 0 Å². The zero-order chi connectivity index (χ0) is 41.6. The summed E-state index contributed by atoms with van der Waals surface area (Å²) in [5.74, 6) is -0.904. The van der Waals surface area contributed by atoms with Gasteiger partial charge in [0.05, 0.1) is 13.2 Å². The summed E-state index contributed by atoms with van der Waals surface area (Å²) in [6.07, 6.45) is 41.3. The number of hydrogen-bond acceptors (Lipinski definition) is 10. The second kappa shape index (κ2) is 36.9. The molecule has 5 unspecified atom stereocenters. The van der Waals surface area contributed by atoms with Gasteiger partial charge in [0.1, 0.15) is 31.0 Å². The molecule has 0 radical (unpaired) electrons. The fraction of sp³-hybridized carbons (Fsp3) is 0.617. The number of hydrogen-bond donors (Lipinski definition) is 4. The van der Waals surface area contributed by atoms with Crippen LogP contribution in [-0.2, 0) is 28.5 Å². The van der Waals surface area contributed by atoms with Crippen LogP contribution in [0.5, 0.6) is 0 Å². The van der Waals surface area contributed by atoms with Gasteiger partial charge < -0.3 is 39.4 Å². The standard InChI is InChI=1S/C47H74O10/c1-3-5-7-9-11-13-15-17-19-20-22-24-26-28-30-32-34-36-43(50)56-40(39-55-47-46(53)45(52)44(51)41(37-48)57-47)38-54-42(49)35-33-31-29-27-25-23-21-18-16-14-12-10-8-6-4-2/h6-9,12-15,18-21,24-27,40-41,44-48,51-53H,3-5,10-11,16-17,22-23,28-39H2,1-2H3/b8-6+,9-7+,14-12+,15-13+,20-19+,21-18+,26-24+,27-25+/t40-,41?,44?,45?,46?,47?/m1/s1. The van der Waals surface area contributed by atoms with Gasteiger partial charge in [0.2, 0.25) is 0 Å². The molecule has 1 fully saturated rings. The van der Waals surface area contributed by atoms with E-state index in [1.54, 1.807) is 0 Å². The molecule has 0 bridgehead atoms. The van der Waals surface area contributed by atoms with E-state index in [4.69, 9.17) is 18.9 Å². The average Bonchev–Trinajstić information content (AvgIpc) is 3.21. The summed E-state index contributed by atoms with van der Waals surface area (Å²) < 4.78 is 22.0. The molecule has 322 valence electrons. The molecule has 1 heterocycles. The number of carbonyl (C=O) groups is 2. The van der Waals surface area contributed by atoms with Crippen molar-refractivity contribution in [2.45, 2.75) is 166 Å². The van der Waals surface area contributed by atoms with Gasteiger partial charge in [0.25, 0.3) is 0 Å². The van der Waals surface area contributed by atoms with Crippen LogP contribution < -0.4 is 0 Å². The van der Waals surface area contributed by atoms with Crippen molar-refractivity contribution in [1.82, 2.24) is 0 Å². The molecule has 57 heavy (non-hydrogen) atoms. The van der Waals surface area contributed by atoms with Gasteiger partial charge in [-0.15, -0.1) is 0 Å². The topological polar surface area (TPSA) is 152 Å². The molecule has 4 N–H and O–H groups in total. The van der Waals surface area contributed by atoms with Crippen molar-refractivity contribution in [3.63, 3.8) is 0 Å². The Morgan fingerprint density at radius 1 is 0.561 bits per heavy atom. The predicted molar refractivity (Wildman–Crippen MR) is 228 cm³/mol. The lowest BCUT2D eigenvalue weighted by Crippen LogP contribution is -2.59. The summed E-state index contributed by atoms with van der Waals surface area (Å²) in [5.41, 5.74) is 0. The zero-order valence-electron chi connectivity index (χ0n) is 34.8. The molecule has 0 amide bonds. The van der Waals surface area contributed by atoms with Crippen LogP contribution in [-0.4, -0.2) is 89.0 Å². The van der Waals surface area contributed by atoms with Crippen LogP contribution in [0, 0.1) is 0 Å². The Hall–Kier alpha value is -3.38. The Morgan fingerprint density at radius 3 is 1.56 bits per heavy atom. The molecule has 0 aromatic heterocycles. The smallest absolute Gasteiger partial charge is 0.306 e. The molecule has 6 atom stereocenters. The molecule has 10 heteroatoms. The first-order chi connectivity index (χ1) is 27.8. The first-order valence-corrected chi connectivity index (χ1v) is 21.3. The van der Waals surface area contributed by atoms with E-state index in [-0.39, 0.29) is 26.1 Å². The van der Waals surface area contributed by atoms with E-state index < -0.39 is 55.4 Å². The zero-order valence-corrected chi connectivity index (χ0v) is 34.8. The normalized spacial score (nSPS) is 21.3. The minimum absolute atomic E-state index is 0.177. The highest BCUT2D eigenvalue weighted by atomic mass is 16.7. The van der Waals surface area contributed by atoms with E-state index in [1.807, 2.05) is 0 Å². The molecule has 0 aromatic rings. The fourth-order valence-corrected chi connectivity index (χ4v) is 5.58. The van der Waals surface area contributed by atoms with E-state index in [9.17, 15) is 30.0 Å². The molecule has 0 aromatic carbocycles. The van der Waals surface area contributed by atoms with Crippen molar-refractivity contribution in [3.8, 4) is 0 Å². The Morgan fingerprint density at radius 2 is 1.04 bits per heavy atom. The second-order valence-corrected chi connectivity index (χ2v) is 14.1. The number of aliphatic hydroxyl groups excluding tert-OH is 4. The van der Waals surface area contributed by atoms with E-state index in [0.29, 0.717) is 12.8 Å². The number of esters is 2. The lowest BCUT2D eigenvalue weighted by molar-refractivity contribution is -0.305. The van der Waals surface area contributed by atoms with Crippen LogP contribution in [0.1, 0.15) is 129 Å². The minimum Gasteiger partial charge on any atom is -0.462 e. The van der Waals surface area contributed by atoms with Crippen LogP contribution in [0.4, 0.5) is 0 Å². The van der Waals surface area contributed by atoms with Crippen molar-refractivity contribution in [2.24, 2.45) is 0 Å². The predicted octanol–water partition coefficient (Wildman–Crippen LogP) is 8.77. The van der Waals surface area contributed by atoms with Crippen LogP contribution >= 0.6 is 0 Å². The molecule has 1 saturated heterocycles. The first kappa shape index (κ1) is 51.6. The average molecular weight is 799 g/mol. The Kier molecular flexibility index (Phi) is 33.5. The van der Waals surface area contributed by atoms with Gasteiger partial charge in [-0.25, -0.2) is 0 Å². The maximum atomic E-state index is 12.7. The molecule has 1 rings (SSSR count). The summed E-state index contributed by atoms with van der Waals surface area (Å²) in [4.78, 5) is 25.3. The first-order valence-electron chi connectivity index (χ1n) is 21.3. The van der Waals surface area contributed by atoms with Crippen molar-refractivity contribution in [1.29, 1.82) is 0 Å². The number of rotatable bonds is 33. The van der Waals surface area contributed by atoms with Gasteiger partial charge in [0.15, 0.2) is 12.4 Å². The number of carbonyl (C=O) groups excluding carboxylic acids is 2. The van der Waals surface area contributed by atoms with Gasteiger partial charge in [-0.2, -0.15) is 0 Å². The highest BCUT2D eigenvalue weighted by Gasteiger charge is 2.44. The monoisotopic (exact) mass is 799 g/mol. The quantitative estimate of drug-likeness (QED) is 0.0288. The summed E-state index contributed by atoms with van der Waals surface area (Å²) in [6.45, 7) is 3.13. The molecule has 1 aliphatic rings. The molecular formula is C47H74O10. The van der Waals surface area contributed by atoms with Crippen LogP contribution in [0.3, 0.4) is 0 Å². The third-order valence-electron chi connectivity index (χ3n) is 8.93. The summed E-state index contributed by atoms with van der Waals surface area (Å²) in [5, 5.41) is 40.0. The summed E-state index contributed by atoms with van der Waals surface area (Å²) in [6, 6.07) is 0. The molecule has 1 aliphatic heterocycles. The second-order valence-electron chi connectivity index (χ2n) is 14.1. The van der Waals surface area contributed by atoms with Gasteiger partial charge in [-0.1, -0.05) is 124 Å². The van der Waals surface area contributed by atoms with E-state index in [0.717, 1.165) is 83.5 Å². The number of allylic oxidation sites excluding steroid dienone is 16. The SMILES string of the molecule is CC/C=C/C/C=C/C/C=C/C/C=C/CCCCC(=O)OC[C@H](COC1OC(CO)C(O)C(O)C1O)OC(=O)CCCCC/C=C/C/C=C/C/C=C/C/C=C/CCC. The van der Waals surface area contributed by atoms with Crippen molar-refractivity contribution in [3.05, 3.63) is 97.2 Å². The Bertz CT molecular complexity index is 1240. The van der Waals surface area contributed by atoms with Crippen molar-refractivity contribution < 1.29 is 49.0 Å². The minimum atomic E-state index is -1.61. The lowest BCUT2D eigenvalue weighted by Gasteiger charge is -2.39.